The summed E-state index contributed by atoms with van der Waals surface area (Å²) in [6.07, 6.45) is 5.70. The van der Waals surface area contributed by atoms with Crippen LogP contribution in [0.25, 0.3) is 0 Å². The average molecular weight is 266 g/mol. The lowest BCUT2D eigenvalue weighted by atomic mass is 9.84. The topological polar surface area (TPSA) is 37.8 Å². The first-order chi connectivity index (χ1) is 8.61. The van der Waals surface area contributed by atoms with Crippen LogP contribution in [0.2, 0.25) is 5.15 Å². The molecule has 0 spiro atoms. The van der Waals surface area contributed by atoms with Gasteiger partial charge in [-0.05, 0) is 50.9 Å². The number of fused-ring (bicyclic) bond motifs is 2. The zero-order valence-corrected chi connectivity index (χ0v) is 11.7. The Morgan fingerprint density at radius 1 is 1.33 bits per heavy atom. The predicted molar refractivity (Wildman–Crippen MR) is 73.8 cm³/mol. The zero-order valence-electron chi connectivity index (χ0n) is 11.0. The van der Waals surface area contributed by atoms with Crippen LogP contribution in [0.5, 0.6) is 0 Å². The summed E-state index contributed by atoms with van der Waals surface area (Å²) in [6, 6.07) is 2.30. The van der Waals surface area contributed by atoms with E-state index in [0.29, 0.717) is 11.2 Å². The molecule has 3 nitrogen and oxygen atoms in total. The van der Waals surface area contributed by atoms with Gasteiger partial charge >= 0.3 is 0 Å². The van der Waals surface area contributed by atoms with Crippen molar-refractivity contribution in [3.8, 4) is 0 Å². The number of halogens is 1. The van der Waals surface area contributed by atoms with E-state index in [1.165, 1.54) is 25.7 Å². The van der Waals surface area contributed by atoms with E-state index >= 15 is 0 Å². The maximum absolute atomic E-state index is 5.97. The molecule has 2 aliphatic carbocycles. The highest BCUT2D eigenvalue weighted by Crippen LogP contribution is 2.49. The highest BCUT2D eigenvalue weighted by molar-refractivity contribution is 6.29. The van der Waals surface area contributed by atoms with Gasteiger partial charge in [-0.25, -0.2) is 9.97 Å². The van der Waals surface area contributed by atoms with Crippen LogP contribution in [0.15, 0.2) is 6.07 Å². The number of nitrogens with one attached hydrogen (secondary N) is 1. The van der Waals surface area contributed by atoms with Gasteiger partial charge in [0.15, 0.2) is 0 Å². The summed E-state index contributed by atoms with van der Waals surface area (Å²) in [7, 11) is 0. The Morgan fingerprint density at radius 2 is 2.17 bits per heavy atom. The van der Waals surface area contributed by atoms with E-state index in [1.807, 2.05) is 13.0 Å². The maximum Gasteiger partial charge on any atom is 0.134 e. The molecular formula is C14H20ClN3. The smallest absolute Gasteiger partial charge is 0.134 e. The van der Waals surface area contributed by atoms with Crippen LogP contribution in [-0.4, -0.2) is 16.0 Å². The van der Waals surface area contributed by atoms with Crippen LogP contribution >= 0.6 is 11.6 Å². The summed E-state index contributed by atoms with van der Waals surface area (Å²) in [5.74, 6) is 4.31. The van der Waals surface area contributed by atoms with E-state index in [2.05, 4.69) is 22.2 Å². The molecule has 4 atom stereocenters. The Labute approximate surface area is 113 Å². The first-order valence-corrected chi connectivity index (χ1v) is 7.27. The molecule has 0 saturated heterocycles. The maximum atomic E-state index is 5.97. The van der Waals surface area contributed by atoms with Crippen molar-refractivity contribution in [3.63, 3.8) is 0 Å². The lowest BCUT2D eigenvalue weighted by Crippen LogP contribution is -2.30. The normalized spacial score (nSPS) is 31.6. The van der Waals surface area contributed by atoms with Gasteiger partial charge in [0.05, 0.1) is 0 Å². The number of hydrogen-bond acceptors (Lipinski definition) is 3. The van der Waals surface area contributed by atoms with Crippen molar-refractivity contribution < 1.29 is 0 Å². The minimum Gasteiger partial charge on any atom is -0.367 e. The Bertz CT molecular complexity index is 428. The zero-order chi connectivity index (χ0) is 12.7. The molecule has 0 radical (unpaired) electrons. The minimum absolute atomic E-state index is 0.477. The molecule has 0 aromatic carbocycles. The average Bonchev–Trinajstić information content (AvgIpc) is 2.88. The van der Waals surface area contributed by atoms with Crippen LogP contribution < -0.4 is 5.32 Å². The Balaban J connectivity index is 1.68. The van der Waals surface area contributed by atoms with E-state index in [-0.39, 0.29) is 0 Å². The van der Waals surface area contributed by atoms with Crippen LogP contribution in [0.3, 0.4) is 0 Å². The molecule has 0 amide bonds. The largest absolute Gasteiger partial charge is 0.367 e. The number of hydrogen-bond donors (Lipinski definition) is 1. The number of rotatable bonds is 3. The van der Waals surface area contributed by atoms with Crippen molar-refractivity contribution in [3.05, 3.63) is 17.0 Å². The van der Waals surface area contributed by atoms with E-state index in [9.17, 15) is 0 Å². The second-order valence-corrected chi connectivity index (χ2v) is 6.28. The van der Waals surface area contributed by atoms with Gasteiger partial charge in [0.25, 0.3) is 0 Å². The molecule has 1 aromatic heterocycles. The van der Waals surface area contributed by atoms with Gasteiger partial charge < -0.3 is 5.32 Å². The van der Waals surface area contributed by atoms with E-state index in [4.69, 9.17) is 11.6 Å². The molecule has 2 saturated carbocycles. The van der Waals surface area contributed by atoms with Gasteiger partial charge in [0, 0.05) is 12.1 Å². The van der Waals surface area contributed by atoms with E-state index < -0.39 is 0 Å². The molecule has 1 N–H and O–H groups in total. The molecule has 0 unspecified atom stereocenters. The van der Waals surface area contributed by atoms with Crippen molar-refractivity contribution in [1.29, 1.82) is 0 Å². The Kier molecular flexibility index (Phi) is 3.18. The van der Waals surface area contributed by atoms with Crippen molar-refractivity contribution >= 4 is 17.4 Å². The van der Waals surface area contributed by atoms with Crippen molar-refractivity contribution in [2.75, 3.05) is 5.32 Å². The molecule has 1 aromatic rings. The molecule has 98 valence electrons. The standard InChI is InChI=1S/C14H20ClN3/c1-8(12-6-10-3-4-11(12)5-10)16-14-7-13(15)17-9(2)18-14/h7-8,10-12H,3-6H2,1-2H3,(H,16,17,18)/t8-,10+,11+,12+/m1/s1. The molecule has 18 heavy (non-hydrogen) atoms. The van der Waals surface area contributed by atoms with E-state index in [0.717, 1.165) is 29.4 Å². The second kappa shape index (κ2) is 4.69. The first-order valence-electron chi connectivity index (χ1n) is 6.89. The first kappa shape index (κ1) is 12.2. The van der Waals surface area contributed by atoms with Gasteiger partial charge in [0.1, 0.15) is 16.8 Å². The molecule has 2 fully saturated rings. The van der Waals surface area contributed by atoms with Crippen LogP contribution in [0.4, 0.5) is 5.82 Å². The monoisotopic (exact) mass is 265 g/mol. The molecule has 2 bridgehead atoms. The van der Waals surface area contributed by atoms with Crippen molar-refractivity contribution in [2.45, 2.75) is 45.6 Å². The summed E-state index contributed by atoms with van der Waals surface area (Å²) in [6.45, 7) is 4.15. The number of anilines is 1. The quantitative estimate of drug-likeness (QED) is 0.848. The molecule has 0 aliphatic heterocycles. The van der Waals surface area contributed by atoms with Crippen LogP contribution in [0, 0.1) is 24.7 Å². The Hall–Kier alpha value is -0.830. The fourth-order valence-electron chi connectivity index (χ4n) is 3.85. The lowest BCUT2D eigenvalue weighted by Gasteiger charge is -2.28. The summed E-state index contributed by atoms with van der Waals surface area (Å²) < 4.78 is 0. The molecule has 2 aliphatic rings. The number of aromatic nitrogens is 2. The summed E-state index contributed by atoms with van der Waals surface area (Å²) in [4.78, 5) is 8.49. The summed E-state index contributed by atoms with van der Waals surface area (Å²) in [5, 5.41) is 4.03. The number of aryl methyl sites for hydroxylation is 1. The SMILES string of the molecule is Cc1nc(Cl)cc(N[C@H](C)[C@@H]2C[C@H]3CC[C@H]2C3)n1. The third kappa shape index (κ3) is 2.33. The fourth-order valence-corrected chi connectivity index (χ4v) is 4.08. The van der Waals surface area contributed by atoms with Gasteiger partial charge in [-0.1, -0.05) is 18.0 Å². The molecule has 1 heterocycles. The third-order valence-electron chi connectivity index (χ3n) is 4.62. The fraction of sp³-hybridized carbons (Fsp3) is 0.714. The van der Waals surface area contributed by atoms with Crippen LogP contribution in [0.1, 0.15) is 38.4 Å². The van der Waals surface area contributed by atoms with Gasteiger partial charge in [0.2, 0.25) is 0 Å². The highest BCUT2D eigenvalue weighted by atomic mass is 35.5. The van der Waals surface area contributed by atoms with E-state index in [1.54, 1.807) is 0 Å². The summed E-state index contributed by atoms with van der Waals surface area (Å²) in [5.41, 5.74) is 0. The second-order valence-electron chi connectivity index (χ2n) is 5.89. The minimum atomic E-state index is 0.477. The molecular weight excluding hydrogens is 246 g/mol. The van der Waals surface area contributed by atoms with Crippen molar-refractivity contribution in [2.24, 2.45) is 17.8 Å². The highest BCUT2D eigenvalue weighted by Gasteiger charge is 2.41. The summed E-state index contributed by atoms with van der Waals surface area (Å²) >= 11 is 5.97. The number of nitrogens with zero attached hydrogens (tertiary/aromatic N) is 2. The van der Waals surface area contributed by atoms with Crippen molar-refractivity contribution in [1.82, 2.24) is 9.97 Å². The molecule has 4 heteroatoms. The lowest BCUT2D eigenvalue weighted by molar-refractivity contribution is 0.304. The Morgan fingerprint density at radius 3 is 2.78 bits per heavy atom. The third-order valence-corrected chi connectivity index (χ3v) is 4.81. The van der Waals surface area contributed by atoms with Gasteiger partial charge in [-0.2, -0.15) is 0 Å². The van der Waals surface area contributed by atoms with Crippen LogP contribution in [-0.2, 0) is 0 Å². The van der Waals surface area contributed by atoms with Gasteiger partial charge in [-0.3, -0.25) is 0 Å². The van der Waals surface area contributed by atoms with Gasteiger partial charge in [-0.15, -0.1) is 0 Å². The molecule has 3 rings (SSSR count). The predicted octanol–water partition coefficient (Wildman–Crippen LogP) is 3.68.